The topological polar surface area (TPSA) is 86.2 Å². The zero-order valence-corrected chi connectivity index (χ0v) is 13.8. The van der Waals surface area contributed by atoms with Gasteiger partial charge in [-0.3, -0.25) is 9.36 Å². The van der Waals surface area contributed by atoms with Gasteiger partial charge in [-0.2, -0.15) is 5.10 Å². The molecule has 2 aromatic rings. The predicted octanol–water partition coefficient (Wildman–Crippen LogP) is 0.889. The lowest BCUT2D eigenvalue weighted by Crippen LogP contribution is -2.41. The molecule has 24 heavy (non-hydrogen) atoms. The fourth-order valence-electron chi connectivity index (χ4n) is 3.65. The number of carbonyl (C=O) groups excluding carboxylic acids is 1. The normalized spacial score (nSPS) is 20.4. The standard InChI is InChI=1S/C16H21N5O3/c1-11-9-12(24-18-11)10-20-16(23)21-13(5-4-6-14(21)17-20)15(22)19-7-2-3-8-19/h9,13H,2-8,10H2,1H3. The van der Waals surface area contributed by atoms with E-state index >= 15 is 0 Å². The van der Waals surface area contributed by atoms with Crippen molar-refractivity contribution < 1.29 is 9.32 Å². The fourth-order valence-corrected chi connectivity index (χ4v) is 3.65. The number of likely N-dealkylation sites (tertiary alicyclic amines) is 1. The molecule has 1 saturated heterocycles. The van der Waals surface area contributed by atoms with Crippen LogP contribution in [0.1, 0.15) is 49.0 Å². The van der Waals surface area contributed by atoms with E-state index in [0.717, 1.165) is 44.5 Å². The van der Waals surface area contributed by atoms with E-state index in [0.29, 0.717) is 18.0 Å². The van der Waals surface area contributed by atoms with Crippen LogP contribution in [-0.4, -0.2) is 43.4 Å². The molecule has 1 atom stereocenters. The van der Waals surface area contributed by atoms with Crippen molar-refractivity contribution in [1.29, 1.82) is 0 Å². The number of amides is 1. The highest BCUT2D eigenvalue weighted by molar-refractivity contribution is 5.80. The lowest BCUT2D eigenvalue weighted by Gasteiger charge is -2.27. The van der Waals surface area contributed by atoms with Crippen molar-refractivity contribution in [2.24, 2.45) is 0 Å². The van der Waals surface area contributed by atoms with E-state index in [9.17, 15) is 9.59 Å². The largest absolute Gasteiger partial charge is 0.359 e. The monoisotopic (exact) mass is 331 g/mol. The van der Waals surface area contributed by atoms with Crippen LogP contribution in [0, 0.1) is 6.92 Å². The highest BCUT2D eigenvalue weighted by Gasteiger charge is 2.34. The van der Waals surface area contributed by atoms with Gasteiger partial charge in [0.25, 0.3) is 0 Å². The average Bonchev–Trinajstić information content (AvgIpc) is 3.29. The minimum absolute atomic E-state index is 0.0607. The average molecular weight is 331 g/mol. The van der Waals surface area contributed by atoms with Gasteiger partial charge in [-0.1, -0.05) is 5.16 Å². The second kappa shape index (κ2) is 5.92. The second-order valence-corrected chi connectivity index (χ2v) is 6.60. The van der Waals surface area contributed by atoms with Gasteiger partial charge >= 0.3 is 5.69 Å². The van der Waals surface area contributed by atoms with Gasteiger partial charge in [-0.05, 0) is 32.6 Å². The van der Waals surface area contributed by atoms with E-state index in [-0.39, 0.29) is 18.1 Å². The Labute approximate surface area is 139 Å². The third-order valence-electron chi connectivity index (χ3n) is 4.82. The van der Waals surface area contributed by atoms with Crippen LogP contribution in [0.15, 0.2) is 15.4 Å². The van der Waals surface area contributed by atoms with Gasteiger partial charge in [0, 0.05) is 25.6 Å². The molecular weight excluding hydrogens is 310 g/mol. The maximum atomic E-state index is 12.8. The molecule has 4 heterocycles. The Kier molecular flexibility index (Phi) is 3.74. The zero-order valence-electron chi connectivity index (χ0n) is 13.8. The summed E-state index contributed by atoms with van der Waals surface area (Å²) in [4.78, 5) is 27.5. The van der Waals surface area contributed by atoms with Crippen LogP contribution in [0.2, 0.25) is 0 Å². The molecule has 0 saturated carbocycles. The van der Waals surface area contributed by atoms with E-state index in [2.05, 4.69) is 10.3 Å². The number of aryl methyl sites for hydroxylation is 2. The molecular formula is C16H21N5O3. The number of hydrogen-bond donors (Lipinski definition) is 0. The molecule has 0 aromatic carbocycles. The zero-order chi connectivity index (χ0) is 16.7. The van der Waals surface area contributed by atoms with Crippen molar-refractivity contribution in [3.8, 4) is 0 Å². The summed E-state index contributed by atoms with van der Waals surface area (Å²) in [6.07, 6.45) is 4.40. The van der Waals surface area contributed by atoms with Gasteiger partial charge < -0.3 is 9.42 Å². The van der Waals surface area contributed by atoms with Crippen LogP contribution in [0.3, 0.4) is 0 Å². The summed E-state index contributed by atoms with van der Waals surface area (Å²) in [5, 5.41) is 8.26. The van der Waals surface area contributed by atoms with E-state index in [1.807, 2.05) is 11.8 Å². The van der Waals surface area contributed by atoms with Crippen LogP contribution >= 0.6 is 0 Å². The van der Waals surface area contributed by atoms with Crippen LogP contribution in [0.25, 0.3) is 0 Å². The van der Waals surface area contributed by atoms with Gasteiger partial charge in [-0.15, -0.1) is 0 Å². The van der Waals surface area contributed by atoms with Crippen LogP contribution in [-0.2, 0) is 17.8 Å². The first-order valence-electron chi connectivity index (χ1n) is 8.52. The first kappa shape index (κ1) is 15.2. The minimum atomic E-state index is -0.412. The minimum Gasteiger partial charge on any atom is -0.359 e. The third kappa shape index (κ3) is 2.55. The van der Waals surface area contributed by atoms with Gasteiger partial charge in [0.1, 0.15) is 18.4 Å². The first-order chi connectivity index (χ1) is 11.6. The second-order valence-electron chi connectivity index (χ2n) is 6.60. The number of hydrogen-bond acceptors (Lipinski definition) is 5. The number of aromatic nitrogens is 4. The maximum absolute atomic E-state index is 12.8. The molecule has 0 radical (unpaired) electrons. The molecule has 2 aliphatic rings. The molecule has 8 nitrogen and oxygen atoms in total. The Morgan fingerprint density at radius 3 is 2.83 bits per heavy atom. The lowest BCUT2D eigenvalue weighted by atomic mass is 10.0. The highest BCUT2D eigenvalue weighted by atomic mass is 16.5. The van der Waals surface area contributed by atoms with E-state index in [1.165, 1.54) is 4.68 Å². The van der Waals surface area contributed by atoms with Crippen LogP contribution < -0.4 is 5.69 Å². The molecule has 2 aliphatic heterocycles. The van der Waals surface area contributed by atoms with Crippen molar-refractivity contribution in [3.63, 3.8) is 0 Å². The predicted molar refractivity (Wildman–Crippen MR) is 84.6 cm³/mol. The summed E-state index contributed by atoms with van der Waals surface area (Å²) in [5.74, 6) is 1.35. The molecule has 1 amide bonds. The number of fused-ring (bicyclic) bond motifs is 1. The summed E-state index contributed by atoms with van der Waals surface area (Å²) in [7, 11) is 0. The van der Waals surface area contributed by atoms with Crippen molar-refractivity contribution >= 4 is 5.91 Å². The molecule has 4 rings (SSSR count). The maximum Gasteiger partial charge on any atom is 0.347 e. The van der Waals surface area contributed by atoms with Crippen molar-refractivity contribution in [2.75, 3.05) is 13.1 Å². The molecule has 0 bridgehead atoms. The van der Waals surface area contributed by atoms with E-state index in [1.54, 1.807) is 10.6 Å². The van der Waals surface area contributed by atoms with E-state index < -0.39 is 6.04 Å². The molecule has 1 unspecified atom stereocenters. The van der Waals surface area contributed by atoms with Crippen molar-refractivity contribution in [3.05, 3.63) is 33.8 Å². The molecule has 1 fully saturated rings. The smallest absolute Gasteiger partial charge is 0.347 e. The summed E-state index contributed by atoms with van der Waals surface area (Å²) in [6.45, 7) is 3.67. The molecule has 128 valence electrons. The molecule has 2 aromatic heterocycles. The summed E-state index contributed by atoms with van der Waals surface area (Å²) < 4.78 is 8.15. The summed E-state index contributed by atoms with van der Waals surface area (Å²) >= 11 is 0. The fraction of sp³-hybridized carbons (Fsp3) is 0.625. The molecule has 0 N–H and O–H groups in total. The third-order valence-corrected chi connectivity index (χ3v) is 4.82. The van der Waals surface area contributed by atoms with Crippen LogP contribution in [0.5, 0.6) is 0 Å². The Hall–Kier alpha value is -2.38. The number of rotatable bonds is 3. The van der Waals surface area contributed by atoms with E-state index in [4.69, 9.17) is 4.52 Å². The SMILES string of the molecule is Cc1cc(Cn2nc3n(c2=O)C(C(=O)N2CCCC2)CCC3)on1. The lowest BCUT2D eigenvalue weighted by molar-refractivity contribution is -0.134. The van der Waals surface area contributed by atoms with Gasteiger partial charge in [-0.25, -0.2) is 9.48 Å². The Bertz CT molecular complexity index is 812. The Morgan fingerprint density at radius 2 is 2.12 bits per heavy atom. The number of carbonyl (C=O) groups is 1. The van der Waals surface area contributed by atoms with Gasteiger partial charge in [0.05, 0.1) is 5.69 Å². The van der Waals surface area contributed by atoms with Crippen LogP contribution in [0.4, 0.5) is 0 Å². The quantitative estimate of drug-likeness (QED) is 0.834. The molecule has 8 heteroatoms. The summed E-state index contributed by atoms with van der Waals surface area (Å²) in [6, 6.07) is 1.38. The Morgan fingerprint density at radius 1 is 1.33 bits per heavy atom. The van der Waals surface area contributed by atoms with Gasteiger partial charge in [0.15, 0.2) is 5.76 Å². The first-order valence-corrected chi connectivity index (χ1v) is 8.52. The van der Waals surface area contributed by atoms with Gasteiger partial charge in [0.2, 0.25) is 5.91 Å². The molecule has 0 spiro atoms. The summed E-state index contributed by atoms with van der Waals surface area (Å²) in [5.41, 5.74) is 0.528. The highest BCUT2D eigenvalue weighted by Crippen LogP contribution is 2.25. The number of nitrogens with zero attached hydrogens (tertiary/aromatic N) is 5. The molecule has 0 aliphatic carbocycles. The van der Waals surface area contributed by atoms with Crippen molar-refractivity contribution in [2.45, 2.75) is 51.6 Å². The van der Waals surface area contributed by atoms with Crippen molar-refractivity contribution in [1.82, 2.24) is 24.4 Å². The Balaban J connectivity index is 1.64.